The van der Waals surface area contributed by atoms with Gasteiger partial charge in [0, 0.05) is 17.1 Å². The fourth-order valence-corrected chi connectivity index (χ4v) is 3.72. The van der Waals surface area contributed by atoms with Crippen molar-refractivity contribution in [2.24, 2.45) is 0 Å². The summed E-state index contributed by atoms with van der Waals surface area (Å²) in [5.41, 5.74) is 2.70. The van der Waals surface area contributed by atoms with Crippen LogP contribution >= 0.6 is 46.1 Å². The molecule has 0 aliphatic rings. The van der Waals surface area contributed by atoms with E-state index >= 15 is 0 Å². The van der Waals surface area contributed by atoms with Crippen LogP contribution in [0.3, 0.4) is 0 Å². The highest BCUT2D eigenvalue weighted by molar-refractivity contribution is 7.14. The average molecular weight is 485 g/mol. The van der Waals surface area contributed by atoms with Gasteiger partial charge in [-0.25, -0.2) is 14.8 Å². The molecule has 0 spiro atoms. The minimum Gasteiger partial charge on any atom is -0.448 e. The number of benzene rings is 1. The van der Waals surface area contributed by atoms with Crippen LogP contribution in [0.1, 0.15) is 29.9 Å². The summed E-state index contributed by atoms with van der Waals surface area (Å²) in [7, 11) is 0. The Bertz CT molecular complexity index is 1090. The number of hydrogen-bond acceptors (Lipinski definition) is 6. The van der Waals surface area contributed by atoms with Crippen molar-refractivity contribution in [3.05, 3.63) is 62.2 Å². The fraction of sp³-hybridized carbons (Fsp3) is 0.200. The van der Waals surface area contributed by atoms with Gasteiger partial charge < -0.3 is 4.74 Å². The molecule has 0 radical (unpaired) electrons. The van der Waals surface area contributed by atoms with Crippen LogP contribution in [-0.4, -0.2) is 27.9 Å². The second kappa shape index (κ2) is 9.75. The first-order chi connectivity index (χ1) is 14.3. The van der Waals surface area contributed by atoms with E-state index in [9.17, 15) is 9.59 Å². The summed E-state index contributed by atoms with van der Waals surface area (Å²) in [4.78, 5) is 32.9. The average Bonchev–Trinajstić information content (AvgIpc) is 3.20. The second-order valence-electron chi connectivity index (χ2n) is 6.21. The van der Waals surface area contributed by atoms with E-state index in [1.165, 1.54) is 30.0 Å². The number of amides is 1. The minimum absolute atomic E-state index is 0.0142. The Morgan fingerprint density at radius 1 is 1.17 bits per heavy atom. The summed E-state index contributed by atoms with van der Waals surface area (Å²) in [5, 5.41) is 4.82. The Hall–Kier alpha value is -2.19. The first-order valence-electron chi connectivity index (χ1n) is 8.86. The highest BCUT2D eigenvalue weighted by atomic mass is 35.5. The first kappa shape index (κ1) is 22.5. The van der Waals surface area contributed by atoms with Gasteiger partial charge in [-0.15, -0.1) is 11.3 Å². The van der Waals surface area contributed by atoms with Crippen LogP contribution in [0.2, 0.25) is 15.1 Å². The van der Waals surface area contributed by atoms with E-state index < -0.39 is 18.0 Å². The van der Waals surface area contributed by atoms with E-state index in [0.717, 1.165) is 17.7 Å². The number of esters is 1. The highest BCUT2D eigenvalue weighted by Crippen LogP contribution is 2.31. The van der Waals surface area contributed by atoms with Crippen molar-refractivity contribution < 1.29 is 14.3 Å². The molecular formula is C20H16Cl3N3O3S. The monoisotopic (exact) mass is 483 g/mol. The summed E-state index contributed by atoms with van der Waals surface area (Å²) in [5.74, 6) is -1.43. The zero-order valence-electron chi connectivity index (χ0n) is 15.9. The number of halogens is 3. The molecule has 1 N–H and O–H groups in total. The third-order valence-electron chi connectivity index (χ3n) is 4.16. The predicted octanol–water partition coefficient (Wildman–Crippen LogP) is 5.91. The maximum absolute atomic E-state index is 12.4. The van der Waals surface area contributed by atoms with Gasteiger partial charge in [0.15, 0.2) is 16.9 Å². The highest BCUT2D eigenvalue weighted by Gasteiger charge is 2.24. The Morgan fingerprint density at radius 2 is 1.87 bits per heavy atom. The molecule has 0 saturated heterocycles. The van der Waals surface area contributed by atoms with E-state index in [0.29, 0.717) is 5.13 Å². The van der Waals surface area contributed by atoms with Crippen molar-refractivity contribution >= 4 is 63.1 Å². The number of nitrogens with zero attached hydrogens (tertiary/aromatic N) is 2. The molecule has 0 fully saturated rings. The molecule has 10 heteroatoms. The Kier molecular flexibility index (Phi) is 7.31. The van der Waals surface area contributed by atoms with Gasteiger partial charge in [-0.05, 0) is 18.9 Å². The van der Waals surface area contributed by atoms with Crippen molar-refractivity contribution in [3.8, 4) is 11.3 Å². The number of aryl methyl sites for hydroxylation is 1. The number of thiazole rings is 1. The van der Waals surface area contributed by atoms with Gasteiger partial charge in [0.25, 0.3) is 5.91 Å². The lowest BCUT2D eigenvalue weighted by atomic mass is 10.1. The Morgan fingerprint density at radius 3 is 2.53 bits per heavy atom. The topological polar surface area (TPSA) is 81.2 Å². The SMILES string of the molecule is CCc1ccc(-c2csc(NC(=O)C(C)OC(=O)c3ncc(Cl)c(Cl)c3Cl)n2)cc1. The van der Waals surface area contributed by atoms with Gasteiger partial charge in [0.2, 0.25) is 0 Å². The lowest BCUT2D eigenvalue weighted by molar-refractivity contribution is -0.123. The van der Waals surface area contributed by atoms with Crippen molar-refractivity contribution in [1.82, 2.24) is 9.97 Å². The number of nitrogens with one attached hydrogen (secondary N) is 1. The molecule has 3 rings (SSSR count). The molecule has 0 bridgehead atoms. The van der Waals surface area contributed by atoms with E-state index in [1.807, 2.05) is 29.6 Å². The number of carbonyl (C=O) groups is 2. The van der Waals surface area contributed by atoms with Crippen LogP contribution < -0.4 is 5.32 Å². The molecule has 6 nitrogen and oxygen atoms in total. The molecule has 1 aromatic carbocycles. The number of rotatable bonds is 6. The van der Waals surface area contributed by atoms with Gasteiger partial charge in [-0.2, -0.15) is 0 Å². The zero-order chi connectivity index (χ0) is 21.8. The number of anilines is 1. The van der Waals surface area contributed by atoms with Gasteiger partial charge in [0.1, 0.15) is 0 Å². The van der Waals surface area contributed by atoms with Gasteiger partial charge in [-0.3, -0.25) is 10.1 Å². The minimum atomic E-state index is -1.11. The lowest BCUT2D eigenvalue weighted by Crippen LogP contribution is -2.30. The van der Waals surface area contributed by atoms with Crippen LogP contribution in [0.4, 0.5) is 5.13 Å². The van der Waals surface area contributed by atoms with Crippen LogP contribution in [0, 0.1) is 0 Å². The van der Waals surface area contributed by atoms with E-state index in [4.69, 9.17) is 39.5 Å². The molecule has 0 aliphatic carbocycles. The lowest BCUT2D eigenvalue weighted by Gasteiger charge is -2.13. The molecule has 2 aromatic heterocycles. The quantitative estimate of drug-likeness (QED) is 0.440. The molecule has 156 valence electrons. The van der Waals surface area contributed by atoms with Crippen LogP contribution in [0.5, 0.6) is 0 Å². The summed E-state index contributed by atoms with van der Waals surface area (Å²) < 4.78 is 5.14. The second-order valence-corrected chi connectivity index (χ2v) is 8.23. The normalized spacial score (nSPS) is 11.8. The van der Waals surface area contributed by atoms with Crippen molar-refractivity contribution in [2.75, 3.05) is 5.32 Å². The summed E-state index contributed by atoms with van der Waals surface area (Å²) in [6, 6.07) is 8.04. The van der Waals surface area contributed by atoms with Gasteiger partial charge in [-0.1, -0.05) is 66.0 Å². The summed E-state index contributed by atoms with van der Waals surface area (Å²) >= 11 is 19.0. The van der Waals surface area contributed by atoms with Crippen LogP contribution in [0.15, 0.2) is 35.8 Å². The number of carbonyl (C=O) groups excluding carboxylic acids is 2. The van der Waals surface area contributed by atoms with Crippen molar-refractivity contribution in [3.63, 3.8) is 0 Å². The molecular weight excluding hydrogens is 469 g/mol. The third-order valence-corrected chi connectivity index (χ3v) is 6.15. The molecule has 30 heavy (non-hydrogen) atoms. The third kappa shape index (κ3) is 5.10. The largest absolute Gasteiger partial charge is 0.448 e. The molecule has 1 atom stereocenters. The van der Waals surface area contributed by atoms with Crippen LogP contribution in [0.25, 0.3) is 11.3 Å². The predicted molar refractivity (Wildman–Crippen MR) is 120 cm³/mol. The molecule has 0 aliphatic heterocycles. The van der Waals surface area contributed by atoms with E-state index in [-0.39, 0.29) is 20.8 Å². The van der Waals surface area contributed by atoms with E-state index in [1.54, 1.807) is 0 Å². The summed E-state index contributed by atoms with van der Waals surface area (Å²) in [6.45, 7) is 3.52. The van der Waals surface area contributed by atoms with Crippen LogP contribution in [-0.2, 0) is 16.0 Å². The smallest absolute Gasteiger partial charge is 0.359 e. The maximum atomic E-state index is 12.4. The van der Waals surface area contributed by atoms with Gasteiger partial charge in [0.05, 0.1) is 20.8 Å². The molecule has 3 aromatic rings. The van der Waals surface area contributed by atoms with Crippen molar-refractivity contribution in [1.29, 1.82) is 0 Å². The van der Waals surface area contributed by atoms with Gasteiger partial charge >= 0.3 is 5.97 Å². The number of aromatic nitrogens is 2. The fourth-order valence-electron chi connectivity index (χ4n) is 2.44. The Labute approximate surface area is 192 Å². The zero-order valence-corrected chi connectivity index (χ0v) is 19.0. The number of ether oxygens (including phenoxy) is 1. The molecule has 0 saturated carbocycles. The maximum Gasteiger partial charge on any atom is 0.359 e. The number of hydrogen-bond donors (Lipinski definition) is 1. The van der Waals surface area contributed by atoms with E-state index in [2.05, 4.69) is 22.2 Å². The standard InChI is InChI=1S/C20H16Cl3N3O3S/c1-3-11-4-6-12(7-5-11)14-9-30-20(25-14)26-18(27)10(2)29-19(28)17-16(23)15(22)13(21)8-24-17/h4-10H,3H2,1-2H3,(H,25,26,27). The molecule has 1 amide bonds. The molecule has 1 unspecified atom stereocenters. The number of pyridine rings is 1. The first-order valence-corrected chi connectivity index (χ1v) is 10.9. The molecule has 2 heterocycles. The summed E-state index contributed by atoms with van der Waals surface area (Å²) in [6.07, 6.45) is 1.03. The van der Waals surface area contributed by atoms with Crippen molar-refractivity contribution in [2.45, 2.75) is 26.4 Å². The Balaban J connectivity index is 1.64.